The van der Waals surface area contributed by atoms with Crippen molar-refractivity contribution in [1.29, 1.82) is 10.5 Å². The number of hydrogen-bond acceptors (Lipinski definition) is 8. The van der Waals surface area contributed by atoms with Crippen LogP contribution in [0.25, 0.3) is 12.2 Å². The zero-order chi connectivity index (χ0) is 18.8. The van der Waals surface area contributed by atoms with Gasteiger partial charge in [-0.1, -0.05) is 0 Å². The number of hydrogen-bond donors (Lipinski definition) is 0. The Morgan fingerprint density at radius 3 is 1.62 bits per heavy atom. The molecule has 2 aromatic heterocycles. The van der Waals surface area contributed by atoms with E-state index in [0.29, 0.717) is 11.5 Å². The molecule has 0 spiro atoms. The van der Waals surface area contributed by atoms with Crippen LogP contribution in [0.1, 0.15) is 11.5 Å². The van der Waals surface area contributed by atoms with Crippen LogP contribution in [-0.4, -0.2) is 25.2 Å². The highest BCUT2D eigenvalue weighted by atomic mass is 16.6. The lowest BCUT2D eigenvalue weighted by Gasteiger charge is -2.05. The van der Waals surface area contributed by atoms with E-state index in [1.54, 1.807) is 36.4 Å². The summed E-state index contributed by atoms with van der Waals surface area (Å²) in [5.74, 6) is -1.11. The van der Waals surface area contributed by atoms with E-state index in [1.807, 2.05) is 0 Å². The number of furan rings is 2. The highest BCUT2D eigenvalue weighted by Crippen LogP contribution is 2.09. The van der Waals surface area contributed by atoms with Crippen molar-refractivity contribution in [3.8, 4) is 12.1 Å². The largest absolute Gasteiger partial charge is 0.465 e. The molecule has 2 heterocycles. The van der Waals surface area contributed by atoms with Crippen LogP contribution in [0, 0.1) is 22.7 Å². The van der Waals surface area contributed by atoms with Crippen molar-refractivity contribution in [1.82, 2.24) is 0 Å². The van der Waals surface area contributed by atoms with Crippen LogP contribution in [0.4, 0.5) is 0 Å². The molecule has 0 bridgehead atoms. The lowest BCUT2D eigenvalue weighted by molar-refractivity contribution is -0.146. The van der Waals surface area contributed by atoms with Gasteiger partial charge < -0.3 is 18.3 Å². The summed E-state index contributed by atoms with van der Waals surface area (Å²) >= 11 is 0. The molecule has 0 saturated carbocycles. The smallest absolute Gasteiger partial charge is 0.349 e. The van der Waals surface area contributed by atoms with Crippen molar-refractivity contribution < 1.29 is 27.9 Å². The van der Waals surface area contributed by atoms with Gasteiger partial charge in [0, 0.05) is 12.2 Å². The Balaban J connectivity index is 1.82. The van der Waals surface area contributed by atoms with Gasteiger partial charge in [0.15, 0.2) is 0 Å². The number of nitriles is 2. The maximum atomic E-state index is 11.8. The molecule has 0 aliphatic heterocycles. The Kier molecular flexibility index (Phi) is 6.55. The Bertz CT molecular complexity index is 816. The summed E-state index contributed by atoms with van der Waals surface area (Å²) < 4.78 is 19.7. The van der Waals surface area contributed by atoms with Crippen LogP contribution >= 0.6 is 0 Å². The van der Waals surface area contributed by atoms with Crippen LogP contribution in [0.5, 0.6) is 0 Å². The molecular formula is C18H12N2O6. The first-order valence-corrected chi connectivity index (χ1v) is 7.29. The molecule has 8 heteroatoms. The zero-order valence-corrected chi connectivity index (χ0v) is 13.4. The van der Waals surface area contributed by atoms with Crippen molar-refractivity contribution in [2.75, 3.05) is 13.2 Å². The predicted octanol–water partition coefficient (Wildman–Crippen LogP) is 2.47. The number of rotatable bonds is 7. The summed E-state index contributed by atoms with van der Waals surface area (Å²) in [7, 11) is 0. The van der Waals surface area contributed by atoms with Gasteiger partial charge in [0.1, 0.15) is 48.0 Å². The lowest BCUT2D eigenvalue weighted by Crippen LogP contribution is -2.15. The number of ether oxygens (including phenoxy) is 2. The fraction of sp³-hybridized carbons (Fsp3) is 0.111. The third-order valence-electron chi connectivity index (χ3n) is 2.89. The van der Waals surface area contributed by atoms with Crippen molar-refractivity contribution in [2.24, 2.45) is 0 Å². The Morgan fingerprint density at radius 2 is 1.31 bits per heavy atom. The van der Waals surface area contributed by atoms with Gasteiger partial charge in [0.25, 0.3) is 0 Å². The summed E-state index contributed by atoms with van der Waals surface area (Å²) in [6, 6.07) is 9.75. The van der Waals surface area contributed by atoms with E-state index in [4.69, 9.17) is 28.8 Å². The summed E-state index contributed by atoms with van der Waals surface area (Å²) in [6.07, 6.45) is 5.26. The number of carbonyl (C=O) groups is 2. The Morgan fingerprint density at radius 1 is 0.885 bits per heavy atom. The van der Waals surface area contributed by atoms with Crippen molar-refractivity contribution in [2.45, 2.75) is 0 Å². The van der Waals surface area contributed by atoms with E-state index in [9.17, 15) is 9.59 Å². The third kappa shape index (κ3) is 5.25. The molecular weight excluding hydrogens is 340 g/mol. The van der Waals surface area contributed by atoms with Crippen molar-refractivity contribution in [3.63, 3.8) is 0 Å². The number of esters is 2. The molecule has 0 aliphatic carbocycles. The molecule has 0 saturated heterocycles. The molecule has 0 aromatic carbocycles. The van der Waals surface area contributed by atoms with Crippen LogP contribution in [-0.2, 0) is 19.1 Å². The van der Waals surface area contributed by atoms with Gasteiger partial charge in [-0.05, 0) is 24.3 Å². The number of nitrogens with zero attached hydrogens (tertiary/aromatic N) is 2. The average Bonchev–Trinajstić information content (AvgIpc) is 3.34. The maximum Gasteiger partial charge on any atom is 0.349 e. The van der Waals surface area contributed by atoms with Crippen LogP contribution < -0.4 is 0 Å². The summed E-state index contributed by atoms with van der Waals surface area (Å²) in [5.41, 5.74) is -0.525. The third-order valence-corrected chi connectivity index (χ3v) is 2.89. The highest BCUT2D eigenvalue weighted by Gasteiger charge is 2.14. The van der Waals surface area contributed by atoms with Gasteiger partial charge in [-0.3, -0.25) is 0 Å². The minimum absolute atomic E-state index is 0.262. The Labute approximate surface area is 148 Å². The average molecular weight is 352 g/mol. The molecule has 2 rings (SSSR count). The predicted molar refractivity (Wildman–Crippen MR) is 86.5 cm³/mol. The van der Waals surface area contributed by atoms with Gasteiger partial charge in [-0.25, -0.2) is 9.59 Å². The van der Waals surface area contributed by atoms with Gasteiger partial charge in [0.2, 0.25) is 0 Å². The molecule has 0 amide bonds. The SMILES string of the molecule is N#C/C(=C\c1ccco1)C(=O)OCCOC(=O)/C(C#N)=C/c1ccco1. The topological polar surface area (TPSA) is 126 Å². The first-order valence-electron chi connectivity index (χ1n) is 7.29. The molecule has 0 N–H and O–H groups in total. The van der Waals surface area contributed by atoms with Gasteiger partial charge in [0.05, 0.1) is 12.5 Å². The first kappa shape index (κ1) is 18.3. The van der Waals surface area contributed by atoms with E-state index >= 15 is 0 Å². The summed E-state index contributed by atoms with van der Waals surface area (Å²) in [4.78, 5) is 23.6. The molecule has 0 aliphatic rings. The van der Waals surface area contributed by atoms with E-state index in [0.717, 1.165) is 0 Å². The second-order valence-corrected chi connectivity index (χ2v) is 4.64. The molecule has 8 nitrogen and oxygen atoms in total. The molecule has 130 valence electrons. The first-order chi connectivity index (χ1) is 12.6. The summed E-state index contributed by atoms with van der Waals surface area (Å²) in [5, 5.41) is 17.9. The van der Waals surface area contributed by atoms with Crippen molar-refractivity contribution >= 4 is 24.1 Å². The normalized spacial score (nSPS) is 11.3. The molecule has 26 heavy (non-hydrogen) atoms. The van der Waals surface area contributed by atoms with Crippen LogP contribution in [0.2, 0.25) is 0 Å². The summed E-state index contributed by atoms with van der Waals surface area (Å²) in [6.45, 7) is -0.553. The molecule has 0 atom stereocenters. The fourth-order valence-corrected chi connectivity index (χ4v) is 1.73. The quantitative estimate of drug-likeness (QED) is 0.322. The minimum Gasteiger partial charge on any atom is -0.465 e. The molecule has 0 fully saturated rings. The molecule has 0 unspecified atom stereocenters. The zero-order valence-electron chi connectivity index (χ0n) is 13.4. The molecule has 0 radical (unpaired) electrons. The van der Waals surface area contributed by atoms with Crippen molar-refractivity contribution in [3.05, 3.63) is 59.5 Å². The van der Waals surface area contributed by atoms with E-state index < -0.39 is 11.9 Å². The fourth-order valence-electron chi connectivity index (χ4n) is 1.73. The van der Waals surface area contributed by atoms with Crippen LogP contribution in [0.3, 0.4) is 0 Å². The lowest BCUT2D eigenvalue weighted by atomic mass is 10.2. The second kappa shape index (κ2) is 9.30. The van der Waals surface area contributed by atoms with E-state index in [-0.39, 0.29) is 24.4 Å². The highest BCUT2D eigenvalue weighted by molar-refractivity contribution is 5.98. The Hall–Kier alpha value is -4.04. The molecule has 2 aromatic rings. The number of carbonyl (C=O) groups excluding carboxylic acids is 2. The van der Waals surface area contributed by atoms with Crippen LogP contribution in [0.15, 0.2) is 56.8 Å². The van der Waals surface area contributed by atoms with Gasteiger partial charge >= 0.3 is 11.9 Å². The van der Waals surface area contributed by atoms with Gasteiger partial charge in [-0.2, -0.15) is 10.5 Å². The second-order valence-electron chi connectivity index (χ2n) is 4.64. The monoisotopic (exact) mass is 352 g/mol. The standard InChI is InChI=1S/C18H12N2O6/c19-11-13(9-15-3-1-5-23-15)17(21)25-7-8-26-18(22)14(12-20)10-16-4-2-6-24-16/h1-6,9-10H,7-8H2/b13-9+,14-10+. The minimum atomic E-state index is -0.883. The van der Waals surface area contributed by atoms with E-state index in [1.165, 1.54) is 24.7 Å². The van der Waals surface area contributed by atoms with E-state index in [2.05, 4.69) is 0 Å². The van der Waals surface area contributed by atoms with Gasteiger partial charge in [-0.15, -0.1) is 0 Å². The maximum absolute atomic E-state index is 11.8.